The maximum atomic E-state index is 12.9. The van der Waals surface area contributed by atoms with Crippen LogP contribution in [0, 0.1) is 0 Å². The first-order valence-electron chi connectivity index (χ1n) is 12.6. The zero-order valence-electron chi connectivity index (χ0n) is 22.4. The molecule has 0 bridgehead atoms. The summed E-state index contributed by atoms with van der Waals surface area (Å²) in [6.07, 6.45) is -7.58. The Balaban J connectivity index is 0.000000821. The third-order valence-corrected chi connectivity index (χ3v) is 6.65. The van der Waals surface area contributed by atoms with Gasteiger partial charge < -0.3 is 20.5 Å². The van der Waals surface area contributed by atoms with Crippen molar-refractivity contribution < 1.29 is 55.6 Å². The minimum absolute atomic E-state index is 0.0963. The van der Waals surface area contributed by atoms with Gasteiger partial charge in [0.25, 0.3) is 0 Å². The molecule has 1 aromatic heterocycles. The number of ketones is 1. The first-order chi connectivity index (χ1) is 20.2. The highest BCUT2D eigenvalue weighted by atomic mass is 32.2. The summed E-state index contributed by atoms with van der Waals surface area (Å²) in [6.45, 7) is 0.236. The van der Waals surface area contributed by atoms with E-state index < -0.39 is 35.9 Å². The average molecular weight is 632 g/mol. The topological polar surface area (TPSA) is 130 Å². The number of amides is 2. The standard InChI is InChI=1S/C26H26F3N3O3S.C2HF3O2/c27-26(28,29)23(33)17-36-12-6-11-22(32-24(34)14-18-7-2-1-3-8-18)25(35)31-16-19-13-20-9-4-5-10-21(20)30-15-19;3-2(4,5)1(6)7/h1-5,7-10,13,15,22H,6,11-12,14,16-17H2,(H,31,35)(H,32,34);(H,6,7)/t22-;/m0./s1. The summed E-state index contributed by atoms with van der Waals surface area (Å²) >= 11 is 0.857. The number of carbonyl (C=O) groups is 4. The van der Waals surface area contributed by atoms with E-state index in [1.54, 1.807) is 18.3 Å². The number of para-hydroxylation sites is 1. The smallest absolute Gasteiger partial charge is 0.450 e. The normalized spacial score (nSPS) is 12.0. The van der Waals surface area contributed by atoms with Crippen molar-refractivity contribution in [2.45, 2.75) is 44.2 Å². The number of H-pyrrole nitrogens is 1. The lowest BCUT2D eigenvalue weighted by Gasteiger charge is -2.18. The van der Waals surface area contributed by atoms with Crippen molar-refractivity contribution in [3.05, 3.63) is 78.0 Å². The molecule has 232 valence electrons. The predicted molar refractivity (Wildman–Crippen MR) is 143 cm³/mol. The van der Waals surface area contributed by atoms with Crippen LogP contribution in [-0.2, 0) is 32.1 Å². The van der Waals surface area contributed by atoms with E-state index in [0.29, 0.717) is 6.42 Å². The summed E-state index contributed by atoms with van der Waals surface area (Å²) in [5.74, 6) is -5.93. The lowest BCUT2D eigenvalue weighted by Crippen LogP contribution is -2.47. The number of carboxylic acid groups (broad SMARTS) is 1. The number of alkyl halides is 6. The van der Waals surface area contributed by atoms with Gasteiger partial charge in [0.2, 0.25) is 23.1 Å². The first-order valence-corrected chi connectivity index (χ1v) is 13.8. The fourth-order valence-corrected chi connectivity index (χ4v) is 4.38. The molecule has 3 rings (SSSR count). The fourth-order valence-electron chi connectivity index (χ4n) is 3.51. The molecule has 1 atom stereocenters. The van der Waals surface area contributed by atoms with Crippen molar-refractivity contribution in [2.75, 3.05) is 11.5 Å². The van der Waals surface area contributed by atoms with E-state index in [9.17, 15) is 40.7 Å². The van der Waals surface area contributed by atoms with Gasteiger partial charge in [0.15, 0.2) is 6.20 Å². The summed E-state index contributed by atoms with van der Waals surface area (Å²) in [6, 6.07) is 17.9. The molecule has 0 spiro atoms. The molecule has 2 aromatic carbocycles. The molecule has 15 heteroatoms. The van der Waals surface area contributed by atoms with Crippen molar-refractivity contribution in [1.82, 2.24) is 10.6 Å². The Bertz CT molecular complexity index is 1390. The van der Waals surface area contributed by atoms with Crippen molar-refractivity contribution in [3.8, 4) is 0 Å². The van der Waals surface area contributed by atoms with E-state index in [2.05, 4.69) is 15.6 Å². The Morgan fingerprint density at radius 1 is 0.884 bits per heavy atom. The van der Waals surface area contributed by atoms with Crippen LogP contribution in [0.15, 0.2) is 66.9 Å². The molecule has 0 saturated heterocycles. The number of aromatic amines is 1. The Morgan fingerprint density at radius 3 is 2.14 bits per heavy atom. The molecule has 0 radical (unpaired) electrons. The summed E-state index contributed by atoms with van der Waals surface area (Å²) in [5, 5.41) is 15.3. The van der Waals surface area contributed by atoms with Crippen LogP contribution in [0.5, 0.6) is 0 Å². The summed E-state index contributed by atoms with van der Waals surface area (Å²) in [5.41, 5.74) is 2.60. The van der Waals surface area contributed by atoms with Gasteiger partial charge in [0.1, 0.15) is 12.0 Å². The highest BCUT2D eigenvalue weighted by Gasteiger charge is 2.37. The maximum Gasteiger partial charge on any atom is 0.450 e. The largest absolute Gasteiger partial charge is 0.542 e. The number of thioether (sulfide) groups is 1. The molecule has 0 unspecified atom stereocenters. The molecular weight excluding hydrogens is 604 g/mol. The molecule has 0 aliphatic carbocycles. The Labute approximate surface area is 246 Å². The minimum atomic E-state index is -5.19. The second kappa shape index (κ2) is 16.5. The van der Waals surface area contributed by atoms with Crippen LogP contribution in [0.1, 0.15) is 24.0 Å². The molecular formula is C28H27F6N3O5S. The van der Waals surface area contributed by atoms with Gasteiger partial charge in [-0.25, -0.2) is 4.98 Å². The van der Waals surface area contributed by atoms with Gasteiger partial charge in [-0.2, -0.15) is 38.1 Å². The van der Waals surface area contributed by atoms with Gasteiger partial charge in [0, 0.05) is 23.6 Å². The van der Waals surface area contributed by atoms with Gasteiger partial charge in [0.05, 0.1) is 12.2 Å². The summed E-state index contributed by atoms with van der Waals surface area (Å²) < 4.78 is 68.6. The molecule has 0 aliphatic heterocycles. The molecule has 3 aromatic rings. The molecule has 2 amide bonds. The fraction of sp³-hybridized carbons (Fsp3) is 0.321. The number of hydrogen-bond acceptors (Lipinski definition) is 6. The Kier molecular flexibility index (Phi) is 13.4. The van der Waals surface area contributed by atoms with Gasteiger partial charge in [-0.05, 0) is 36.3 Å². The number of fused-ring (bicyclic) bond motifs is 1. The number of aliphatic carboxylic acids is 1. The number of rotatable bonds is 12. The van der Waals surface area contributed by atoms with E-state index in [-0.39, 0.29) is 37.0 Å². The van der Waals surface area contributed by atoms with E-state index in [1.807, 2.05) is 48.5 Å². The van der Waals surface area contributed by atoms with Gasteiger partial charge in [-0.1, -0.05) is 42.5 Å². The molecule has 0 aliphatic rings. The third kappa shape index (κ3) is 13.1. The number of carboxylic acids is 1. The van der Waals surface area contributed by atoms with Crippen molar-refractivity contribution in [3.63, 3.8) is 0 Å². The van der Waals surface area contributed by atoms with E-state index in [4.69, 9.17) is 9.90 Å². The minimum Gasteiger partial charge on any atom is -0.542 e. The van der Waals surface area contributed by atoms with Gasteiger partial charge in [-0.3, -0.25) is 14.4 Å². The number of hydrogen-bond donors (Lipinski definition) is 2. The number of carbonyl (C=O) groups excluding carboxylic acids is 4. The van der Waals surface area contributed by atoms with E-state index >= 15 is 0 Å². The number of aromatic nitrogens is 1. The van der Waals surface area contributed by atoms with Crippen molar-refractivity contribution in [1.29, 1.82) is 0 Å². The first kappa shape index (κ1) is 35.1. The molecule has 3 N–H and O–H groups in total. The number of pyridine rings is 1. The quantitative estimate of drug-likeness (QED) is 0.234. The van der Waals surface area contributed by atoms with Crippen LogP contribution in [0.25, 0.3) is 10.9 Å². The molecule has 0 fully saturated rings. The lowest BCUT2D eigenvalue weighted by molar-refractivity contribution is -0.345. The Morgan fingerprint density at radius 2 is 1.51 bits per heavy atom. The second-order valence-electron chi connectivity index (χ2n) is 9.00. The lowest BCUT2D eigenvalue weighted by atomic mass is 10.1. The van der Waals surface area contributed by atoms with Crippen molar-refractivity contribution >= 4 is 46.2 Å². The van der Waals surface area contributed by atoms with E-state index in [1.165, 1.54) is 0 Å². The van der Waals surface area contributed by atoms with Crippen LogP contribution in [0.3, 0.4) is 0 Å². The van der Waals surface area contributed by atoms with Crippen LogP contribution in [-0.4, -0.2) is 53.5 Å². The maximum absolute atomic E-state index is 12.9. The SMILES string of the molecule is O=C(Cc1ccccc1)N[C@@H](CCCSCC(=O)C(F)(F)F)C(=O)NCc1c[nH+]c2ccccc2c1.O=C([O-])C(F)(F)F. The zero-order chi connectivity index (χ0) is 32.0. The van der Waals surface area contributed by atoms with Gasteiger partial charge in [-0.15, -0.1) is 0 Å². The predicted octanol–water partition coefficient (Wildman–Crippen LogP) is 2.94. The van der Waals surface area contributed by atoms with Crippen LogP contribution in [0.4, 0.5) is 26.3 Å². The molecule has 1 heterocycles. The number of halogens is 6. The number of nitrogens with one attached hydrogen (secondary N) is 3. The van der Waals surface area contributed by atoms with Gasteiger partial charge >= 0.3 is 12.4 Å². The second-order valence-corrected chi connectivity index (χ2v) is 10.1. The summed E-state index contributed by atoms with van der Waals surface area (Å²) in [4.78, 5) is 48.5. The number of benzene rings is 2. The van der Waals surface area contributed by atoms with Crippen LogP contribution >= 0.6 is 11.8 Å². The number of Topliss-reactive ketones (excluding diaryl/α,β-unsaturated/α-hetero) is 1. The zero-order valence-corrected chi connectivity index (χ0v) is 23.2. The molecule has 0 saturated carbocycles. The monoisotopic (exact) mass is 631 g/mol. The Hall–Kier alpha value is -4.14. The summed E-state index contributed by atoms with van der Waals surface area (Å²) in [7, 11) is 0. The highest BCUT2D eigenvalue weighted by Crippen LogP contribution is 2.19. The molecule has 43 heavy (non-hydrogen) atoms. The molecule has 8 nitrogen and oxygen atoms in total. The van der Waals surface area contributed by atoms with Crippen molar-refractivity contribution in [2.24, 2.45) is 0 Å². The third-order valence-electron chi connectivity index (χ3n) is 5.60. The van der Waals surface area contributed by atoms with Crippen LogP contribution < -0.4 is 20.7 Å². The van der Waals surface area contributed by atoms with Crippen LogP contribution in [0.2, 0.25) is 0 Å². The highest BCUT2D eigenvalue weighted by molar-refractivity contribution is 7.99. The average Bonchev–Trinajstić information content (AvgIpc) is 2.94. The van der Waals surface area contributed by atoms with E-state index in [0.717, 1.165) is 33.8 Å².